The van der Waals surface area contributed by atoms with Gasteiger partial charge in [0.25, 0.3) is 0 Å². The molecule has 0 radical (unpaired) electrons. The standard InChI is InChI=1S/C26H30N6O2S2/c1-16-17(2)35-25(27-16)36-26(9-10-26)21-15-22(32-11-13-34-14-12-32)31-23(30-21)18-3-5-19(6-4-18)28-24(33)29-20-7-8-20/h3-6,15,20H,7-14H2,1-2H3,(H2,28,29,33). The maximum Gasteiger partial charge on any atom is 0.319 e. The maximum atomic E-state index is 12.1. The summed E-state index contributed by atoms with van der Waals surface area (Å²) in [4.78, 5) is 30.5. The van der Waals surface area contributed by atoms with Crippen LogP contribution in [0, 0.1) is 13.8 Å². The number of hydrogen-bond donors (Lipinski definition) is 2. The molecule has 2 aromatic heterocycles. The molecular weight excluding hydrogens is 492 g/mol. The number of thiazole rings is 1. The first kappa shape index (κ1) is 23.7. The van der Waals surface area contributed by atoms with Crippen molar-refractivity contribution in [2.24, 2.45) is 0 Å². The van der Waals surface area contributed by atoms with Crippen LogP contribution in [0.1, 0.15) is 41.9 Å². The highest BCUT2D eigenvalue weighted by molar-refractivity contribution is 8.02. The summed E-state index contributed by atoms with van der Waals surface area (Å²) in [5, 5.41) is 5.86. The normalized spacial score (nSPS) is 18.7. The largest absolute Gasteiger partial charge is 0.378 e. The van der Waals surface area contributed by atoms with E-state index in [0.717, 1.165) is 71.6 Å². The Balaban J connectivity index is 1.29. The lowest BCUT2D eigenvalue weighted by Gasteiger charge is -2.29. The summed E-state index contributed by atoms with van der Waals surface area (Å²) in [7, 11) is 0. The molecule has 1 aliphatic heterocycles. The van der Waals surface area contributed by atoms with Gasteiger partial charge in [0, 0.05) is 41.3 Å². The van der Waals surface area contributed by atoms with E-state index in [2.05, 4.69) is 35.4 Å². The SMILES string of the molecule is Cc1nc(SC2(c3cc(N4CCOCC4)nc(-c4ccc(NC(=O)NC5CC5)cc4)n3)CC2)sc1C. The van der Waals surface area contributed by atoms with Gasteiger partial charge in [-0.25, -0.2) is 19.7 Å². The van der Waals surface area contributed by atoms with Crippen molar-refractivity contribution in [3.63, 3.8) is 0 Å². The number of aromatic nitrogens is 3. The maximum absolute atomic E-state index is 12.1. The van der Waals surface area contributed by atoms with Crippen LogP contribution in [-0.2, 0) is 9.48 Å². The zero-order valence-corrected chi connectivity index (χ0v) is 22.2. The quantitative estimate of drug-likeness (QED) is 0.445. The third-order valence-corrected chi connectivity index (χ3v) is 9.47. The summed E-state index contributed by atoms with van der Waals surface area (Å²) >= 11 is 3.61. The summed E-state index contributed by atoms with van der Waals surface area (Å²) in [5.41, 5.74) is 3.86. The van der Waals surface area contributed by atoms with Crippen molar-refractivity contribution in [2.75, 3.05) is 36.5 Å². The lowest BCUT2D eigenvalue weighted by Crippen LogP contribution is -2.37. The molecule has 3 heterocycles. The second-order valence-electron chi connectivity index (χ2n) is 9.70. The Hall–Kier alpha value is -2.69. The molecule has 0 spiro atoms. The van der Waals surface area contributed by atoms with Gasteiger partial charge in [0.15, 0.2) is 10.2 Å². The molecule has 2 saturated carbocycles. The molecule has 2 N–H and O–H groups in total. The fourth-order valence-electron chi connectivity index (χ4n) is 4.21. The van der Waals surface area contributed by atoms with Crippen molar-refractivity contribution >= 4 is 40.6 Å². The molecule has 3 aliphatic rings. The number of carbonyl (C=O) groups excluding carboxylic acids is 1. The fourth-order valence-corrected chi connectivity index (χ4v) is 6.90. The minimum Gasteiger partial charge on any atom is -0.378 e. The van der Waals surface area contributed by atoms with Crippen LogP contribution < -0.4 is 15.5 Å². The van der Waals surface area contributed by atoms with Gasteiger partial charge in [-0.05, 0) is 63.8 Å². The number of amides is 2. The van der Waals surface area contributed by atoms with Gasteiger partial charge < -0.3 is 20.3 Å². The van der Waals surface area contributed by atoms with Gasteiger partial charge in [0.1, 0.15) is 5.82 Å². The van der Waals surface area contributed by atoms with Gasteiger partial charge >= 0.3 is 6.03 Å². The Bertz CT molecular complexity index is 1240. The zero-order valence-electron chi connectivity index (χ0n) is 20.5. The summed E-state index contributed by atoms with van der Waals surface area (Å²) in [6.07, 6.45) is 4.28. The van der Waals surface area contributed by atoms with Crippen molar-refractivity contribution in [1.82, 2.24) is 20.3 Å². The van der Waals surface area contributed by atoms with Crippen molar-refractivity contribution in [3.05, 3.63) is 46.6 Å². The van der Waals surface area contributed by atoms with Crippen molar-refractivity contribution < 1.29 is 9.53 Å². The minimum absolute atomic E-state index is 0.0577. The highest BCUT2D eigenvalue weighted by Gasteiger charge is 2.48. The molecule has 0 atom stereocenters. The molecule has 1 aromatic carbocycles. The molecule has 8 nitrogen and oxygen atoms in total. The van der Waals surface area contributed by atoms with Crippen molar-refractivity contribution in [2.45, 2.75) is 54.7 Å². The lowest BCUT2D eigenvalue weighted by atomic mass is 10.1. The Kier molecular flexibility index (Phi) is 6.35. The zero-order chi connectivity index (χ0) is 24.7. The summed E-state index contributed by atoms with van der Waals surface area (Å²) in [5.74, 6) is 1.66. The number of thioether (sulfide) groups is 1. The van der Waals surface area contributed by atoms with E-state index < -0.39 is 0 Å². The van der Waals surface area contributed by atoms with Crippen LogP contribution in [-0.4, -0.2) is 53.3 Å². The second kappa shape index (κ2) is 9.64. The molecule has 2 amide bonds. The number of hydrogen-bond acceptors (Lipinski definition) is 8. The average molecular weight is 523 g/mol. The molecule has 6 rings (SSSR count). The van der Waals surface area contributed by atoms with Gasteiger partial charge in [0.2, 0.25) is 0 Å². The van der Waals surface area contributed by atoms with Gasteiger partial charge in [-0.1, -0.05) is 11.8 Å². The fraction of sp³-hybridized carbons (Fsp3) is 0.462. The first-order valence-corrected chi connectivity index (χ1v) is 14.1. The Labute approximate surface area is 219 Å². The van der Waals surface area contributed by atoms with Crippen LogP contribution >= 0.6 is 23.1 Å². The predicted molar refractivity (Wildman–Crippen MR) is 144 cm³/mol. The van der Waals surface area contributed by atoms with Gasteiger partial charge in [-0.15, -0.1) is 11.3 Å². The molecule has 3 fully saturated rings. The van der Waals surface area contributed by atoms with E-state index in [1.54, 1.807) is 11.3 Å². The minimum atomic E-state index is -0.154. The first-order chi connectivity index (χ1) is 17.5. The van der Waals surface area contributed by atoms with Crippen molar-refractivity contribution in [1.29, 1.82) is 0 Å². The van der Waals surface area contributed by atoms with Crippen molar-refractivity contribution in [3.8, 4) is 11.4 Å². The molecule has 1 saturated heterocycles. The summed E-state index contributed by atoms with van der Waals surface area (Å²) in [6.45, 7) is 7.25. The highest BCUT2D eigenvalue weighted by Crippen LogP contribution is 2.60. The number of nitrogens with zero attached hydrogens (tertiary/aromatic N) is 4. The lowest BCUT2D eigenvalue weighted by molar-refractivity contribution is 0.122. The number of aryl methyl sites for hydroxylation is 2. The van der Waals surface area contributed by atoms with Gasteiger partial charge in [-0.3, -0.25) is 0 Å². The summed E-state index contributed by atoms with van der Waals surface area (Å²) < 4.78 is 6.62. The number of anilines is 2. The number of nitrogens with one attached hydrogen (secondary N) is 2. The van der Waals surface area contributed by atoms with E-state index in [-0.39, 0.29) is 10.8 Å². The number of rotatable bonds is 7. The molecule has 0 bridgehead atoms. The first-order valence-electron chi connectivity index (χ1n) is 12.5. The molecule has 10 heteroatoms. The number of benzene rings is 1. The van der Waals surface area contributed by atoms with Crippen LogP contribution in [0.3, 0.4) is 0 Å². The number of ether oxygens (including phenoxy) is 1. The smallest absolute Gasteiger partial charge is 0.319 e. The van der Waals surface area contributed by atoms with Crippen LogP contribution in [0.15, 0.2) is 34.7 Å². The number of morpholine rings is 1. The topological polar surface area (TPSA) is 92.3 Å². The van der Waals surface area contributed by atoms with Crippen LogP contribution in [0.5, 0.6) is 0 Å². The van der Waals surface area contributed by atoms with E-state index >= 15 is 0 Å². The molecule has 3 aromatic rings. The van der Waals surface area contributed by atoms with E-state index in [1.165, 1.54) is 4.88 Å². The van der Waals surface area contributed by atoms with Crippen LogP contribution in [0.2, 0.25) is 0 Å². The van der Waals surface area contributed by atoms with Crippen LogP contribution in [0.4, 0.5) is 16.3 Å². The van der Waals surface area contributed by atoms with Gasteiger partial charge in [-0.2, -0.15) is 0 Å². The van der Waals surface area contributed by atoms with E-state index in [1.807, 2.05) is 36.0 Å². The van der Waals surface area contributed by atoms with E-state index in [4.69, 9.17) is 19.7 Å². The molecule has 36 heavy (non-hydrogen) atoms. The monoisotopic (exact) mass is 522 g/mol. The Morgan fingerprint density at radius 3 is 2.50 bits per heavy atom. The molecule has 2 aliphatic carbocycles. The second-order valence-corrected chi connectivity index (χ2v) is 12.5. The van der Waals surface area contributed by atoms with Gasteiger partial charge in [0.05, 0.1) is 29.3 Å². The Morgan fingerprint density at radius 1 is 1.11 bits per heavy atom. The predicted octanol–water partition coefficient (Wildman–Crippen LogP) is 5.12. The molecule has 188 valence electrons. The third-order valence-electron chi connectivity index (χ3n) is 6.82. The third kappa shape index (κ3) is 5.21. The average Bonchev–Trinajstić information content (AvgIpc) is 3.82. The highest BCUT2D eigenvalue weighted by atomic mass is 32.2. The molecule has 0 unspecified atom stereocenters. The number of urea groups is 1. The Morgan fingerprint density at radius 2 is 1.86 bits per heavy atom. The molecular formula is C26H30N6O2S2. The van der Waals surface area contributed by atoms with E-state index in [9.17, 15) is 4.79 Å². The number of carbonyl (C=O) groups is 1. The van der Waals surface area contributed by atoms with Crippen LogP contribution in [0.25, 0.3) is 11.4 Å². The summed E-state index contributed by atoms with van der Waals surface area (Å²) in [6, 6.07) is 10.1. The van der Waals surface area contributed by atoms with E-state index in [0.29, 0.717) is 25.1 Å².